The standard InChI is InChI=1S/C9H12FN3O/c1-2-3-4-5-14-8-7(10)6-12-9(11)13-8/h2,6H,1,3-5H2,(H2,11,12,13). The van der Waals surface area contributed by atoms with Gasteiger partial charge >= 0.3 is 0 Å². The Hall–Kier alpha value is -1.65. The zero-order valence-corrected chi connectivity index (χ0v) is 7.74. The maximum atomic E-state index is 13.0. The highest BCUT2D eigenvalue weighted by Crippen LogP contribution is 2.13. The Morgan fingerprint density at radius 2 is 2.43 bits per heavy atom. The van der Waals surface area contributed by atoms with Gasteiger partial charge in [0.05, 0.1) is 12.8 Å². The summed E-state index contributed by atoms with van der Waals surface area (Å²) >= 11 is 0. The number of nitrogens with two attached hydrogens (primary N) is 1. The first kappa shape index (κ1) is 10.4. The van der Waals surface area contributed by atoms with Crippen LogP contribution in [0.5, 0.6) is 5.88 Å². The van der Waals surface area contributed by atoms with Gasteiger partial charge < -0.3 is 10.5 Å². The van der Waals surface area contributed by atoms with Gasteiger partial charge in [-0.05, 0) is 12.8 Å². The van der Waals surface area contributed by atoms with Crippen LogP contribution >= 0.6 is 0 Å². The van der Waals surface area contributed by atoms with E-state index in [1.54, 1.807) is 6.08 Å². The van der Waals surface area contributed by atoms with Gasteiger partial charge in [-0.3, -0.25) is 0 Å². The molecule has 0 aromatic carbocycles. The Bertz CT molecular complexity index is 317. The van der Waals surface area contributed by atoms with Gasteiger partial charge in [-0.15, -0.1) is 6.58 Å². The largest absolute Gasteiger partial charge is 0.475 e. The normalized spacial score (nSPS) is 9.79. The van der Waals surface area contributed by atoms with Crippen LogP contribution in [0.1, 0.15) is 12.8 Å². The number of rotatable bonds is 5. The number of nitrogen functional groups attached to an aromatic ring is 1. The van der Waals surface area contributed by atoms with Crippen LogP contribution in [0.15, 0.2) is 18.9 Å². The van der Waals surface area contributed by atoms with Crippen molar-refractivity contribution >= 4 is 5.95 Å². The Morgan fingerprint density at radius 3 is 3.14 bits per heavy atom. The topological polar surface area (TPSA) is 61.0 Å². The van der Waals surface area contributed by atoms with Crippen LogP contribution in [0.4, 0.5) is 10.3 Å². The minimum Gasteiger partial charge on any atom is -0.475 e. The maximum Gasteiger partial charge on any atom is 0.255 e. The molecule has 2 N–H and O–H groups in total. The number of hydrogen-bond donors (Lipinski definition) is 1. The molecule has 0 saturated heterocycles. The fourth-order valence-corrected chi connectivity index (χ4v) is 0.862. The second kappa shape index (κ2) is 5.16. The van der Waals surface area contributed by atoms with E-state index in [9.17, 15) is 4.39 Å². The van der Waals surface area contributed by atoms with E-state index in [-0.39, 0.29) is 11.8 Å². The number of halogens is 1. The van der Waals surface area contributed by atoms with Crippen molar-refractivity contribution in [1.29, 1.82) is 0 Å². The molecule has 0 fully saturated rings. The van der Waals surface area contributed by atoms with Gasteiger partial charge in [-0.1, -0.05) is 6.08 Å². The van der Waals surface area contributed by atoms with E-state index >= 15 is 0 Å². The molecule has 0 atom stereocenters. The quantitative estimate of drug-likeness (QED) is 0.574. The number of ether oxygens (including phenoxy) is 1. The first-order valence-electron chi connectivity index (χ1n) is 4.25. The zero-order chi connectivity index (χ0) is 10.4. The van der Waals surface area contributed by atoms with Gasteiger partial charge in [0.2, 0.25) is 11.8 Å². The number of anilines is 1. The molecule has 0 radical (unpaired) electrons. The van der Waals surface area contributed by atoms with Crippen LogP contribution in [0.3, 0.4) is 0 Å². The van der Waals surface area contributed by atoms with Gasteiger partial charge in [0.15, 0.2) is 0 Å². The summed E-state index contributed by atoms with van der Waals surface area (Å²) in [6, 6.07) is 0. The first-order chi connectivity index (χ1) is 6.74. The van der Waals surface area contributed by atoms with Crippen LogP contribution in [0.25, 0.3) is 0 Å². The smallest absolute Gasteiger partial charge is 0.255 e. The molecule has 1 heterocycles. The number of nitrogens with zero attached hydrogens (tertiary/aromatic N) is 2. The molecule has 1 aromatic heterocycles. The predicted molar refractivity (Wildman–Crippen MR) is 51.3 cm³/mol. The molecule has 0 aliphatic rings. The Morgan fingerprint density at radius 1 is 1.64 bits per heavy atom. The minimum atomic E-state index is -0.599. The van der Waals surface area contributed by atoms with Crippen LogP contribution in [-0.4, -0.2) is 16.6 Å². The van der Waals surface area contributed by atoms with Crippen molar-refractivity contribution in [3.05, 3.63) is 24.7 Å². The molecule has 0 unspecified atom stereocenters. The first-order valence-corrected chi connectivity index (χ1v) is 4.25. The molecule has 1 aromatic rings. The second-order valence-corrected chi connectivity index (χ2v) is 2.66. The van der Waals surface area contributed by atoms with E-state index < -0.39 is 5.82 Å². The Balaban J connectivity index is 2.49. The van der Waals surface area contributed by atoms with E-state index in [4.69, 9.17) is 10.5 Å². The van der Waals surface area contributed by atoms with Gasteiger partial charge in [0.1, 0.15) is 0 Å². The molecule has 1 rings (SSSR count). The SMILES string of the molecule is C=CCCCOc1nc(N)ncc1F. The average molecular weight is 197 g/mol. The van der Waals surface area contributed by atoms with E-state index in [0.29, 0.717) is 6.61 Å². The van der Waals surface area contributed by atoms with Crippen molar-refractivity contribution in [3.63, 3.8) is 0 Å². The highest BCUT2D eigenvalue weighted by molar-refractivity contribution is 5.22. The lowest BCUT2D eigenvalue weighted by molar-refractivity contribution is 0.283. The molecule has 0 aliphatic heterocycles. The molecule has 0 spiro atoms. The molecule has 76 valence electrons. The monoisotopic (exact) mass is 197 g/mol. The van der Waals surface area contributed by atoms with Gasteiger partial charge in [-0.25, -0.2) is 4.98 Å². The average Bonchev–Trinajstić information content (AvgIpc) is 2.18. The van der Waals surface area contributed by atoms with Crippen molar-refractivity contribution in [2.75, 3.05) is 12.3 Å². The molecule has 0 aliphatic carbocycles. The molecule has 5 heteroatoms. The molecule has 4 nitrogen and oxygen atoms in total. The summed E-state index contributed by atoms with van der Waals surface area (Å²) in [5.74, 6) is -0.690. The van der Waals surface area contributed by atoms with Crippen LogP contribution in [0, 0.1) is 5.82 Å². The summed E-state index contributed by atoms with van der Waals surface area (Å²) in [4.78, 5) is 7.09. The van der Waals surface area contributed by atoms with E-state index in [2.05, 4.69) is 16.5 Å². The number of allylic oxidation sites excluding steroid dienone is 1. The number of aromatic nitrogens is 2. The summed E-state index contributed by atoms with van der Waals surface area (Å²) in [6.07, 6.45) is 4.36. The summed E-state index contributed by atoms with van der Waals surface area (Å²) in [7, 11) is 0. The summed E-state index contributed by atoms with van der Waals surface area (Å²) in [5, 5.41) is 0. The van der Waals surface area contributed by atoms with Gasteiger partial charge in [0, 0.05) is 0 Å². The Labute approximate surface area is 81.6 Å². The van der Waals surface area contributed by atoms with Crippen LogP contribution in [-0.2, 0) is 0 Å². The lowest BCUT2D eigenvalue weighted by atomic mass is 10.3. The zero-order valence-electron chi connectivity index (χ0n) is 7.74. The molecular formula is C9H12FN3O. The fraction of sp³-hybridized carbons (Fsp3) is 0.333. The van der Waals surface area contributed by atoms with Crippen molar-refractivity contribution in [1.82, 2.24) is 9.97 Å². The number of hydrogen-bond acceptors (Lipinski definition) is 4. The molecule has 14 heavy (non-hydrogen) atoms. The summed E-state index contributed by atoms with van der Waals surface area (Å²) in [6.45, 7) is 3.95. The van der Waals surface area contributed by atoms with Gasteiger partial charge in [0.25, 0.3) is 5.88 Å². The molecule has 0 bridgehead atoms. The second-order valence-electron chi connectivity index (χ2n) is 2.66. The fourth-order valence-electron chi connectivity index (χ4n) is 0.862. The minimum absolute atomic E-state index is 0.00474. The predicted octanol–water partition coefficient (Wildman–Crippen LogP) is 1.54. The maximum absolute atomic E-state index is 13.0. The van der Waals surface area contributed by atoms with E-state index in [1.807, 2.05) is 0 Å². The highest BCUT2D eigenvalue weighted by atomic mass is 19.1. The summed E-state index contributed by atoms with van der Waals surface area (Å²) in [5.41, 5.74) is 5.27. The lowest BCUT2D eigenvalue weighted by Gasteiger charge is -2.04. The number of unbranched alkanes of at least 4 members (excludes halogenated alkanes) is 1. The third kappa shape index (κ3) is 3.01. The Kier molecular flexibility index (Phi) is 3.84. The molecule has 0 amide bonds. The lowest BCUT2D eigenvalue weighted by Crippen LogP contribution is -2.04. The van der Waals surface area contributed by atoms with Gasteiger partial charge in [-0.2, -0.15) is 9.37 Å². The van der Waals surface area contributed by atoms with E-state index in [1.165, 1.54) is 0 Å². The third-order valence-corrected chi connectivity index (χ3v) is 1.52. The third-order valence-electron chi connectivity index (χ3n) is 1.52. The van der Waals surface area contributed by atoms with Crippen molar-refractivity contribution in [2.24, 2.45) is 0 Å². The van der Waals surface area contributed by atoms with Crippen LogP contribution < -0.4 is 10.5 Å². The molecular weight excluding hydrogens is 185 g/mol. The van der Waals surface area contributed by atoms with Crippen molar-refractivity contribution in [3.8, 4) is 5.88 Å². The summed E-state index contributed by atoms with van der Waals surface area (Å²) < 4.78 is 18.0. The molecule has 0 saturated carbocycles. The van der Waals surface area contributed by atoms with Crippen LogP contribution in [0.2, 0.25) is 0 Å². The highest BCUT2D eigenvalue weighted by Gasteiger charge is 2.05. The van der Waals surface area contributed by atoms with Crippen molar-refractivity contribution < 1.29 is 9.13 Å². The van der Waals surface area contributed by atoms with E-state index in [0.717, 1.165) is 19.0 Å². The van der Waals surface area contributed by atoms with Crippen molar-refractivity contribution in [2.45, 2.75) is 12.8 Å².